The molecule has 2 N–H and O–H groups in total. The normalized spacial score (nSPS) is 11.2. The first-order valence-corrected chi connectivity index (χ1v) is 10.6. The van der Waals surface area contributed by atoms with Gasteiger partial charge in [-0.25, -0.2) is 11.0 Å². The largest absolute Gasteiger partial charge is 0.309 e. The molecular formula is C22H20N3O3P. The summed E-state index contributed by atoms with van der Waals surface area (Å²) in [6, 6.07) is 25.0. The first kappa shape index (κ1) is 20.2. The molecular weight excluding hydrogens is 385 g/mol. The number of hydrogen-bond acceptors (Lipinski definition) is 5. The molecule has 0 aliphatic carbocycles. The smallest absolute Gasteiger partial charge is 0.271 e. The summed E-state index contributed by atoms with van der Waals surface area (Å²) in [5.74, 6) is -0.766. The van der Waals surface area contributed by atoms with Crippen LogP contribution in [0.15, 0.2) is 90.0 Å². The highest BCUT2D eigenvalue weighted by Crippen LogP contribution is 2.43. The van der Waals surface area contributed by atoms with Gasteiger partial charge in [-0.2, -0.15) is 5.10 Å². The molecule has 0 atom stereocenters. The zero-order chi connectivity index (χ0) is 20.7. The molecule has 0 aliphatic heterocycles. The summed E-state index contributed by atoms with van der Waals surface area (Å²) in [5, 5.41) is 5.31. The fourth-order valence-electron chi connectivity index (χ4n) is 2.92. The second-order valence-electron chi connectivity index (χ2n) is 6.23. The van der Waals surface area contributed by atoms with E-state index in [0.29, 0.717) is 15.9 Å². The topological polar surface area (TPSA) is 87.6 Å². The molecule has 0 aromatic heterocycles. The molecule has 0 fully saturated rings. The van der Waals surface area contributed by atoms with Crippen LogP contribution in [0.3, 0.4) is 0 Å². The van der Waals surface area contributed by atoms with Crippen molar-refractivity contribution in [2.75, 3.05) is 0 Å². The Bertz CT molecular complexity index is 1040. The Morgan fingerprint density at radius 3 is 1.90 bits per heavy atom. The van der Waals surface area contributed by atoms with Crippen LogP contribution in [-0.2, 0) is 9.36 Å². The highest BCUT2D eigenvalue weighted by Gasteiger charge is 2.33. The van der Waals surface area contributed by atoms with Crippen LogP contribution in [0.4, 0.5) is 0 Å². The van der Waals surface area contributed by atoms with Gasteiger partial charge >= 0.3 is 0 Å². The number of benzene rings is 3. The van der Waals surface area contributed by atoms with E-state index in [1.165, 1.54) is 6.92 Å². The van der Waals surface area contributed by atoms with E-state index in [4.69, 9.17) is 0 Å². The number of Topliss-reactive ketones (excluding diaryl/α,β-unsaturated/α-hetero) is 1. The van der Waals surface area contributed by atoms with E-state index in [2.05, 4.69) is 16.1 Å². The monoisotopic (exact) mass is 405 g/mol. The van der Waals surface area contributed by atoms with E-state index >= 15 is 0 Å². The summed E-state index contributed by atoms with van der Waals surface area (Å²) in [7, 11) is -3.30. The molecule has 3 aromatic rings. The van der Waals surface area contributed by atoms with E-state index in [1.807, 2.05) is 36.4 Å². The van der Waals surface area contributed by atoms with Crippen LogP contribution in [0.1, 0.15) is 17.3 Å². The Morgan fingerprint density at radius 2 is 1.34 bits per heavy atom. The predicted octanol–water partition coefficient (Wildman–Crippen LogP) is 2.14. The minimum absolute atomic E-state index is 0.258. The molecule has 0 heterocycles. The SMILES string of the molecule is CC(=O)/C=N\NNC(=O)c1ccccc1P(=O)(c1ccccc1)c1ccccc1. The average molecular weight is 405 g/mol. The van der Waals surface area contributed by atoms with Crippen molar-refractivity contribution in [2.24, 2.45) is 5.10 Å². The summed E-state index contributed by atoms with van der Waals surface area (Å²) in [6.45, 7) is 1.35. The number of amides is 1. The van der Waals surface area contributed by atoms with Crippen molar-refractivity contribution in [1.82, 2.24) is 11.0 Å². The number of nitrogens with zero attached hydrogens (tertiary/aromatic N) is 1. The van der Waals surface area contributed by atoms with Crippen molar-refractivity contribution < 1.29 is 14.2 Å². The van der Waals surface area contributed by atoms with Crippen molar-refractivity contribution in [3.63, 3.8) is 0 Å². The predicted molar refractivity (Wildman–Crippen MR) is 116 cm³/mol. The van der Waals surface area contributed by atoms with Crippen LogP contribution in [0.5, 0.6) is 0 Å². The highest BCUT2D eigenvalue weighted by molar-refractivity contribution is 7.85. The molecule has 3 aromatic carbocycles. The maximum atomic E-state index is 14.5. The number of carbonyl (C=O) groups is 2. The van der Waals surface area contributed by atoms with Gasteiger partial charge in [0.05, 0.1) is 11.8 Å². The number of hydrazone groups is 1. The zero-order valence-electron chi connectivity index (χ0n) is 15.8. The van der Waals surface area contributed by atoms with Crippen molar-refractivity contribution in [1.29, 1.82) is 0 Å². The molecule has 3 rings (SSSR count). The second kappa shape index (κ2) is 9.13. The van der Waals surface area contributed by atoms with Gasteiger partial charge in [0.25, 0.3) is 5.91 Å². The summed E-state index contributed by atoms with van der Waals surface area (Å²) in [5.41, 5.74) is 5.00. The first-order chi connectivity index (χ1) is 14.0. The standard InChI is InChI=1S/C22H20N3O3P/c1-17(26)16-23-25-24-22(27)20-14-8-9-15-21(20)29(28,18-10-4-2-5-11-18)19-12-6-3-7-13-19/h2-16,25H,1H3,(H,24,27)/b23-16-. The van der Waals surface area contributed by atoms with Crippen molar-refractivity contribution >= 4 is 41.0 Å². The molecule has 0 aliphatic rings. The van der Waals surface area contributed by atoms with Crippen LogP contribution < -0.4 is 26.9 Å². The molecule has 0 saturated heterocycles. The maximum Gasteiger partial charge on any atom is 0.271 e. The minimum Gasteiger partial charge on any atom is -0.309 e. The average Bonchev–Trinajstić information content (AvgIpc) is 2.77. The molecule has 0 saturated carbocycles. The molecule has 1 amide bonds. The molecule has 146 valence electrons. The van der Waals surface area contributed by atoms with Crippen molar-refractivity contribution in [3.05, 3.63) is 90.5 Å². The second-order valence-corrected chi connectivity index (χ2v) is 8.97. The summed E-state index contributed by atoms with van der Waals surface area (Å²) >= 11 is 0. The fourth-order valence-corrected chi connectivity index (χ4v) is 5.77. The van der Waals surface area contributed by atoms with Gasteiger partial charge in [-0.3, -0.25) is 9.59 Å². The lowest BCUT2D eigenvalue weighted by Gasteiger charge is -2.22. The number of hydrazine groups is 1. The van der Waals surface area contributed by atoms with Crippen LogP contribution in [0.25, 0.3) is 0 Å². The third-order valence-corrected chi connectivity index (χ3v) is 7.33. The van der Waals surface area contributed by atoms with Gasteiger partial charge in [-0.1, -0.05) is 78.9 Å². The molecule has 0 unspecified atom stereocenters. The lowest BCUT2D eigenvalue weighted by Crippen LogP contribution is -2.38. The molecule has 0 spiro atoms. The van der Waals surface area contributed by atoms with Crippen LogP contribution in [-0.4, -0.2) is 17.9 Å². The van der Waals surface area contributed by atoms with E-state index in [-0.39, 0.29) is 11.3 Å². The molecule has 6 nitrogen and oxygen atoms in total. The van der Waals surface area contributed by atoms with Crippen molar-refractivity contribution in [3.8, 4) is 0 Å². The van der Waals surface area contributed by atoms with E-state index in [1.54, 1.807) is 48.5 Å². The van der Waals surface area contributed by atoms with Gasteiger partial charge < -0.3 is 4.57 Å². The van der Waals surface area contributed by atoms with E-state index in [0.717, 1.165) is 6.21 Å². The highest BCUT2D eigenvalue weighted by atomic mass is 31.2. The number of rotatable bonds is 7. The van der Waals surface area contributed by atoms with Crippen LogP contribution >= 0.6 is 7.14 Å². The van der Waals surface area contributed by atoms with Gasteiger partial charge in [0, 0.05) is 22.8 Å². The fraction of sp³-hybridized carbons (Fsp3) is 0.0455. The van der Waals surface area contributed by atoms with E-state index in [9.17, 15) is 14.2 Å². The number of nitrogens with one attached hydrogen (secondary N) is 2. The van der Waals surface area contributed by atoms with Crippen molar-refractivity contribution in [2.45, 2.75) is 6.92 Å². The summed E-state index contributed by atoms with van der Waals surface area (Å²) in [6.07, 6.45) is 1.05. The Morgan fingerprint density at radius 1 is 0.828 bits per heavy atom. The molecule has 7 heteroatoms. The van der Waals surface area contributed by atoms with Gasteiger partial charge in [-0.15, -0.1) is 0 Å². The third-order valence-electron chi connectivity index (χ3n) is 4.21. The molecule has 0 radical (unpaired) electrons. The molecule has 0 bridgehead atoms. The Labute approximate surface area is 169 Å². The molecule has 29 heavy (non-hydrogen) atoms. The van der Waals surface area contributed by atoms with Gasteiger partial charge in [-0.05, 0) is 6.07 Å². The quantitative estimate of drug-likeness (QED) is 0.358. The van der Waals surface area contributed by atoms with Gasteiger partial charge in [0.1, 0.15) is 0 Å². The third kappa shape index (κ3) is 4.50. The van der Waals surface area contributed by atoms with Gasteiger partial charge in [0.2, 0.25) is 0 Å². The number of hydrogen-bond donors (Lipinski definition) is 2. The lowest BCUT2D eigenvalue weighted by molar-refractivity contribution is -0.110. The maximum absolute atomic E-state index is 14.5. The summed E-state index contributed by atoms with van der Waals surface area (Å²) < 4.78 is 14.5. The number of ketones is 1. The van der Waals surface area contributed by atoms with Crippen LogP contribution in [0, 0.1) is 0 Å². The zero-order valence-corrected chi connectivity index (χ0v) is 16.7. The van der Waals surface area contributed by atoms with E-state index < -0.39 is 13.0 Å². The summed E-state index contributed by atoms with van der Waals surface area (Å²) in [4.78, 5) is 23.7. The van der Waals surface area contributed by atoms with Gasteiger partial charge in [0.15, 0.2) is 12.9 Å². The lowest BCUT2D eigenvalue weighted by atomic mass is 10.2. The minimum atomic E-state index is -3.30. The Balaban J connectivity index is 2.08. The Kier molecular flexibility index (Phi) is 6.37. The number of carbonyl (C=O) groups excluding carboxylic acids is 2. The first-order valence-electron chi connectivity index (χ1n) is 8.93. The Hall–Kier alpha value is -3.50. The van der Waals surface area contributed by atoms with Crippen LogP contribution in [0.2, 0.25) is 0 Å².